The van der Waals surface area contributed by atoms with Crippen LogP contribution < -0.4 is 10.1 Å². The van der Waals surface area contributed by atoms with Gasteiger partial charge in [-0.05, 0) is 74.8 Å². The van der Waals surface area contributed by atoms with Gasteiger partial charge in [0.15, 0.2) is 0 Å². The lowest BCUT2D eigenvalue weighted by Gasteiger charge is -2.24. The monoisotopic (exact) mass is 523 g/mol. The first kappa shape index (κ1) is 23.6. The van der Waals surface area contributed by atoms with Gasteiger partial charge < -0.3 is 10.1 Å². The van der Waals surface area contributed by atoms with E-state index in [4.69, 9.17) is 16.3 Å². The normalized spacial score (nSPS) is 14.3. The Hall–Kier alpha value is -2.56. The summed E-state index contributed by atoms with van der Waals surface area (Å²) in [6.07, 6.45) is 2.72. The van der Waals surface area contributed by atoms with Crippen molar-refractivity contribution in [2.45, 2.75) is 39.2 Å². The molecular formula is C28H27BrClNO2. The molecule has 0 unspecified atom stereocenters. The van der Waals surface area contributed by atoms with Crippen molar-refractivity contribution in [3.8, 4) is 5.75 Å². The van der Waals surface area contributed by atoms with Crippen LogP contribution in [0.5, 0.6) is 5.75 Å². The molecule has 5 heteroatoms. The molecule has 0 spiro atoms. The molecule has 0 aromatic heterocycles. The smallest absolute Gasteiger partial charge is 0.256 e. The van der Waals surface area contributed by atoms with E-state index in [0.717, 1.165) is 50.1 Å². The molecule has 1 amide bonds. The minimum absolute atomic E-state index is 0.0918. The zero-order valence-corrected chi connectivity index (χ0v) is 21.4. The summed E-state index contributed by atoms with van der Waals surface area (Å²) in [5.41, 5.74) is 6.52. The van der Waals surface area contributed by atoms with Crippen molar-refractivity contribution >= 4 is 50.8 Å². The van der Waals surface area contributed by atoms with Gasteiger partial charge in [-0.15, -0.1) is 11.6 Å². The Kier molecular flexibility index (Phi) is 6.96. The Morgan fingerprint density at radius 3 is 2.48 bits per heavy atom. The van der Waals surface area contributed by atoms with E-state index >= 15 is 0 Å². The third kappa shape index (κ3) is 5.34. The molecule has 0 radical (unpaired) electrons. The van der Waals surface area contributed by atoms with E-state index in [9.17, 15) is 4.79 Å². The molecular weight excluding hydrogens is 498 g/mol. The predicted octanol–water partition coefficient (Wildman–Crippen LogP) is 7.60. The van der Waals surface area contributed by atoms with Gasteiger partial charge in [0.05, 0.1) is 4.47 Å². The first-order valence-electron chi connectivity index (χ1n) is 11.0. The quantitative estimate of drug-likeness (QED) is 0.266. The second kappa shape index (κ2) is 9.74. The van der Waals surface area contributed by atoms with Gasteiger partial charge in [0.2, 0.25) is 0 Å². The van der Waals surface area contributed by atoms with E-state index in [1.165, 1.54) is 0 Å². The highest BCUT2D eigenvalue weighted by Crippen LogP contribution is 2.40. The zero-order valence-electron chi connectivity index (χ0n) is 19.0. The molecule has 0 bridgehead atoms. The fourth-order valence-corrected chi connectivity index (χ4v) is 4.75. The molecule has 0 atom stereocenters. The van der Waals surface area contributed by atoms with E-state index < -0.39 is 0 Å². The number of aryl methyl sites for hydroxylation is 1. The number of alkyl halides is 1. The average Bonchev–Trinajstić information content (AvgIpc) is 3.07. The third-order valence-electron chi connectivity index (χ3n) is 5.66. The maximum Gasteiger partial charge on any atom is 0.256 e. The fourth-order valence-electron chi connectivity index (χ4n) is 3.94. The van der Waals surface area contributed by atoms with Gasteiger partial charge in [-0.1, -0.05) is 57.2 Å². The highest BCUT2D eigenvalue weighted by atomic mass is 79.9. The molecule has 0 saturated carbocycles. The van der Waals surface area contributed by atoms with Crippen LogP contribution in [-0.4, -0.2) is 11.8 Å². The summed E-state index contributed by atoms with van der Waals surface area (Å²) in [5, 5.41) is 2.97. The van der Waals surface area contributed by atoms with Crippen molar-refractivity contribution in [1.82, 2.24) is 0 Å². The zero-order chi connectivity index (χ0) is 23.6. The summed E-state index contributed by atoms with van der Waals surface area (Å²) >= 11 is 9.65. The van der Waals surface area contributed by atoms with Gasteiger partial charge in [0.1, 0.15) is 12.4 Å². The minimum Gasteiger partial charge on any atom is -0.487 e. The van der Waals surface area contributed by atoms with Crippen molar-refractivity contribution in [2.75, 3.05) is 11.2 Å². The Balaban J connectivity index is 1.72. The lowest BCUT2D eigenvalue weighted by atomic mass is 9.85. The molecule has 170 valence electrons. The number of halogens is 2. The second-order valence-corrected chi connectivity index (χ2v) is 10.5. The van der Waals surface area contributed by atoms with Crippen LogP contribution in [0.4, 0.5) is 5.69 Å². The number of hydrogen-bond donors (Lipinski definition) is 1. The first-order chi connectivity index (χ1) is 15.8. The van der Waals surface area contributed by atoms with Gasteiger partial charge in [0.25, 0.3) is 5.91 Å². The van der Waals surface area contributed by atoms with Crippen LogP contribution in [0.15, 0.2) is 65.1 Å². The van der Waals surface area contributed by atoms with Crippen LogP contribution in [0.25, 0.3) is 11.6 Å². The van der Waals surface area contributed by atoms with Gasteiger partial charge >= 0.3 is 0 Å². The van der Waals surface area contributed by atoms with Gasteiger partial charge in [-0.3, -0.25) is 4.79 Å². The molecule has 0 saturated heterocycles. The molecule has 4 rings (SSSR count). The number of benzene rings is 3. The SMILES string of the molecule is CC(C)(C)c1cc(C=C2C(=O)Nc3ccc(CCCl)cc32)cc(Br)c1OCc1ccccc1. The predicted molar refractivity (Wildman–Crippen MR) is 141 cm³/mol. The summed E-state index contributed by atoms with van der Waals surface area (Å²) in [4.78, 5) is 12.8. The van der Waals surface area contributed by atoms with Crippen LogP contribution in [0.3, 0.4) is 0 Å². The number of rotatable bonds is 6. The van der Waals surface area contributed by atoms with Crippen LogP contribution in [0.2, 0.25) is 0 Å². The molecule has 3 aromatic rings. The molecule has 1 aliphatic rings. The Morgan fingerprint density at radius 1 is 1.03 bits per heavy atom. The number of nitrogens with one attached hydrogen (secondary N) is 1. The maximum atomic E-state index is 12.8. The number of carbonyl (C=O) groups excluding carboxylic acids is 1. The molecule has 0 fully saturated rings. The topological polar surface area (TPSA) is 38.3 Å². The number of fused-ring (bicyclic) bond motifs is 1. The van der Waals surface area contributed by atoms with E-state index in [0.29, 0.717) is 18.1 Å². The summed E-state index contributed by atoms with van der Waals surface area (Å²) in [5.74, 6) is 1.28. The summed E-state index contributed by atoms with van der Waals surface area (Å²) in [6, 6.07) is 20.3. The average molecular weight is 525 g/mol. The standard InChI is InChI=1S/C28H27BrClNO2/c1-28(2,3)23-15-20(16-24(29)26(23)33-17-19-7-5-4-6-8-19)14-22-21-13-18(11-12-30)9-10-25(21)31-27(22)32/h4-10,13-16H,11-12,17H2,1-3H3,(H,31,32). The van der Waals surface area contributed by atoms with Crippen LogP contribution in [0.1, 0.15) is 48.6 Å². The first-order valence-corrected chi connectivity index (χ1v) is 12.3. The Morgan fingerprint density at radius 2 is 1.79 bits per heavy atom. The van der Waals surface area contributed by atoms with E-state index in [2.05, 4.69) is 66.3 Å². The van der Waals surface area contributed by atoms with Crippen molar-refractivity contribution in [1.29, 1.82) is 0 Å². The molecule has 1 aliphatic heterocycles. The Bertz CT molecular complexity index is 1210. The fraction of sp³-hybridized carbons (Fsp3) is 0.250. The minimum atomic E-state index is -0.146. The van der Waals surface area contributed by atoms with Gasteiger partial charge in [0, 0.05) is 28.3 Å². The third-order valence-corrected chi connectivity index (χ3v) is 6.44. The van der Waals surface area contributed by atoms with Crippen molar-refractivity contribution in [3.05, 3.63) is 93.0 Å². The number of ether oxygens (including phenoxy) is 1. The molecule has 1 N–H and O–H groups in total. The van der Waals surface area contributed by atoms with Gasteiger partial charge in [-0.2, -0.15) is 0 Å². The van der Waals surface area contributed by atoms with Crippen molar-refractivity contribution < 1.29 is 9.53 Å². The highest BCUT2D eigenvalue weighted by molar-refractivity contribution is 9.10. The largest absolute Gasteiger partial charge is 0.487 e. The van der Waals surface area contributed by atoms with Crippen LogP contribution in [0, 0.1) is 0 Å². The number of carbonyl (C=O) groups is 1. The highest BCUT2D eigenvalue weighted by Gasteiger charge is 2.26. The van der Waals surface area contributed by atoms with E-state index in [-0.39, 0.29) is 11.3 Å². The number of anilines is 1. The molecule has 33 heavy (non-hydrogen) atoms. The van der Waals surface area contributed by atoms with Gasteiger partial charge in [-0.25, -0.2) is 0 Å². The lowest BCUT2D eigenvalue weighted by molar-refractivity contribution is -0.110. The van der Waals surface area contributed by atoms with E-state index in [1.54, 1.807) is 0 Å². The molecule has 3 aromatic carbocycles. The molecule has 1 heterocycles. The number of amides is 1. The molecule has 3 nitrogen and oxygen atoms in total. The lowest BCUT2D eigenvalue weighted by Crippen LogP contribution is -2.14. The summed E-state index contributed by atoms with van der Waals surface area (Å²) in [6.45, 7) is 6.98. The van der Waals surface area contributed by atoms with Crippen LogP contribution >= 0.6 is 27.5 Å². The Labute approximate surface area is 208 Å². The van der Waals surface area contributed by atoms with E-state index in [1.807, 2.05) is 42.5 Å². The summed E-state index contributed by atoms with van der Waals surface area (Å²) in [7, 11) is 0. The van der Waals surface area contributed by atoms with Crippen LogP contribution in [-0.2, 0) is 23.2 Å². The second-order valence-electron chi connectivity index (χ2n) is 9.23. The van der Waals surface area contributed by atoms with Crippen molar-refractivity contribution in [3.63, 3.8) is 0 Å². The summed E-state index contributed by atoms with van der Waals surface area (Å²) < 4.78 is 7.13. The van der Waals surface area contributed by atoms with Crippen molar-refractivity contribution in [2.24, 2.45) is 0 Å². The number of hydrogen-bond acceptors (Lipinski definition) is 2. The molecule has 0 aliphatic carbocycles. The maximum absolute atomic E-state index is 12.8.